The van der Waals surface area contributed by atoms with Crippen molar-refractivity contribution >= 4 is 29.7 Å². The van der Waals surface area contributed by atoms with E-state index in [1.54, 1.807) is 25.5 Å². The normalized spacial score (nSPS) is 9.91. The molecule has 0 aliphatic heterocycles. The Morgan fingerprint density at radius 2 is 2.00 bits per heavy atom. The van der Waals surface area contributed by atoms with Crippen molar-refractivity contribution in [2.45, 2.75) is 13.1 Å². The number of methoxy groups -OCH3 is 1. The monoisotopic (exact) mass is 340 g/mol. The van der Waals surface area contributed by atoms with E-state index in [9.17, 15) is 4.79 Å². The molecule has 0 saturated heterocycles. The van der Waals surface area contributed by atoms with Gasteiger partial charge in [0.2, 0.25) is 5.91 Å². The average molecular weight is 341 g/mol. The van der Waals surface area contributed by atoms with Gasteiger partial charge in [-0.05, 0) is 24.6 Å². The van der Waals surface area contributed by atoms with Crippen LogP contribution in [0.1, 0.15) is 10.4 Å². The van der Waals surface area contributed by atoms with Gasteiger partial charge in [0, 0.05) is 17.0 Å². The molecular formula is C16H21ClN2O2S. The van der Waals surface area contributed by atoms with Crippen molar-refractivity contribution in [1.29, 1.82) is 0 Å². The van der Waals surface area contributed by atoms with Gasteiger partial charge in [-0.15, -0.1) is 23.7 Å². The highest BCUT2D eigenvalue weighted by molar-refractivity contribution is 7.09. The van der Waals surface area contributed by atoms with E-state index < -0.39 is 0 Å². The van der Waals surface area contributed by atoms with E-state index in [1.807, 2.05) is 46.7 Å². The number of para-hydroxylation sites is 1. The smallest absolute Gasteiger partial charge is 0.237 e. The number of likely N-dealkylation sites (N-methyl/N-ethyl adjacent to an activating group) is 1. The first-order valence-electron chi connectivity index (χ1n) is 6.81. The maximum absolute atomic E-state index is 12.3. The minimum atomic E-state index is 0. The number of thiophene rings is 1. The third-order valence-corrected chi connectivity index (χ3v) is 4.02. The fraction of sp³-hybridized carbons (Fsp3) is 0.312. The number of benzene rings is 1. The molecule has 0 unspecified atom stereocenters. The van der Waals surface area contributed by atoms with Gasteiger partial charge in [0.05, 0.1) is 20.2 Å². The molecule has 1 heterocycles. The highest BCUT2D eigenvalue weighted by atomic mass is 35.5. The zero-order chi connectivity index (χ0) is 15.1. The van der Waals surface area contributed by atoms with Crippen LogP contribution in [-0.4, -0.2) is 31.5 Å². The molecule has 0 aliphatic carbocycles. The van der Waals surface area contributed by atoms with Gasteiger partial charge in [-0.25, -0.2) is 0 Å². The van der Waals surface area contributed by atoms with Crippen molar-refractivity contribution in [2.75, 3.05) is 20.7 Å². The average Bonchev–Trinajstić information content (AvgIpc) is 3.00. The molecule has 1 amide bonds. The molecular weight excluding hydrogens is 320 g/mol. The van der Waals surface area contributed by atoms with E-state index in [4.69, 9.17) is 4.74 Å². The molecule has 2 rings (SSSR count). The Morgan fingerprint density at radius 1 is 1.23 bits per heavy atom. The summed E-state index contributed by atoms with van der Waals surface area (Å²) < 4.78 is 5.37. The van der Waals surface area contributed by atoms with Gasteiger partial charge < -0.3 is 15.0 Å². The summed E-state index contributed by atoms with van der Waals surface area (Å²) in [7, 11) is 3.43. The molecule has 1 N–H and O–H groups in total. The highest BCUT2D eigenvalue weighted by Crippen LogP contribution is 2.21. The Hall–Kier alpha value is -1.56. The molecule has 0 saturated carbocycles. The van der Waals surface area contributed by atoms with Crippen molar-refractivity contribution in [3.05, 3.63) is 52.2 Å². The number of nitrogens with one attached hydrogen (secondary N) is 1. The maximum atomic E-state index is 12.3. The predicted molar refractivity (Wildman–Crippen MR) is 92.7 cm³/mol. The molecule has 22 heavy (non-hydrogen) atoms. The fourth-order valence-electron chi connectivity index (χ4n) is 2.13. The summed E-state index contributed by atoms with van der Waals surface area (Å²) >= 11 is 1.66. The number of nitrogens with zero attached hydrogens (tertiary/aromatic N) is 1. The number of ether oxygens (including phenoxy) is 1. The van der Waals surface area contributed by atoms with Gasteiger partial charge >= 0.3 is 0 Å². The molecule has 6 heteroatoms. The third kappa shape index (κ3) is 5.02. The minimum Gasteiger partial charge on any atom is -0.496 e. The molecule has 120 valence electrons. The maximum Gasteiger partial charge on any atom is 0.237 e. The van der Waals surface area contributed by atoms with Gasteiger partial charge in [0.15, 0.2) is 0 Å². The molecule has 0 atom stereocenters. The van der Waals surface area contributed by atoms with Gasteiger partial charge in [-0.1, -0.05) is 24.3 Å². The first kappa shape index (κ1) is 18.5. The van der Waals surface area contributed by atoms with Crippen LogP contribution in [0.2, 0.25) is 0 Å². The summed E-state index contributed by atoms with van der Waals surface area (Å²) in [6.07, 6.45) is 0. The first-order chi connectivity index (χ1) is 10.2. The summed E-state index contributed by atoms with van der Waals surface area (Å²) in [5.41, 5.74) is 1.01. The summed E-state index contributed by atoms with van der Waals surface area (Å²) in [6.45, 7) is 1.50. The van der Waals surface area contributed by atoms with Crippen LogP contribution in [-0.2, 0) is 17.9 Å². The van der Waals surface area contributed by atoms with E-state index in [-0.39, 0.29) is 18.3 Å². The summed E-state index contributed by atoms with van der Waals surface area (Å²) in [5, 5.41) is 4.95. The Labute approximate surface area is 141 Å². The van der Waals surface area contributed by atoms with Crippen molar-refractivity contribution in [1.82, 2.24) is 10.2 Å². The summed E-state index contributed by atoms with van der Waals surface area (Å²) in [6, 6.07) is 11.9. The fourth-order valence-corrected chi connectivity index (χ4v) is 2.84. The second kappa shape index (κ2) is 9.46. The number of carbonyl (C=O) groups excluding carboxylic acids is 1. The van der Waals surface area contributed by atoms with Crippen molar-refractivity contribution < 1.29 is 9.53 Å². The van der Waals surface area contributed by atoms with Gasteiger partial charge in [0.25, 0.3) is 0 Å². The lowest BCUT2D eigenvalue weighted by molar-refractivity contribution is -0.131. The topological polar surface area (TPSA) is 41.6 Å². The number of hydrogen-bond donors (Lipinski definition) is 1. The van der Waals surface area contributed by atoms with E-state index in [0.717, 1.165) is 11.3 Å². The van der Waals surface area contributed by atoms with Crippen LogP contribution < -0.4 is 10.1 Å². The zero-order valence-corrected chi connectivity index (χ0v) is 14.4. The molecule has 0 fully saturated rings. The number of carbonyl (C=O) groups is 1. The SMILES string of the molecule is CNCC(=O)N(Cc1cccs1)Cc1ccccc1OC.Cl. The molecule has 1 aromatic carbocycles. The summed E-state index contributed by atoms with van der Waals surface area (Å²) in [4.78, 5) is 15.3. The van der Waals surface area contributed by atoms with E-state index >= 15 is 0 Å². The van der Waals surface area contributed by atoms with Gasteiger partial charge in [-0.2, -0.15) is 0 Å². The number of rotatable bonds is 7. The second-order valence-corrected chi connectivity index (χ2v) is 5.70. The predicted octanol–water partition coefficient (Wildman–Crippen LogP) is 2.93. The van der Waals surface area contributed by atoms with Crippen LogP contribution >= 0.6 is 23.7 Å². The van der Waals surface area contributed by atoms with Crippen molar-refractivity contribution in [3.8, 4) is 5.75 Å². The highest BCUT2D eigenvalue weighted by Gasteiger charge is 2.16. The lowest BCUT2D eigenvalue weighted by Gasteiger charge is -2.23. The number of halogens is 1. The molecule has 4 nitrogen and oxygen atoms in total. The third-order valence-electron chi connectivity index (χ3n) is 3.16. The second-order valence-electron chi connectivity index (χ2n) is 4.67. The molecule has 1 aromatic heterocycles. The van der Waals surface area contributed by atoms with E-state index in [1.165, 1.54) is 4.88 Å². The molecule has 0 radical (unpaired) electrons. The van der Waals surface area contributed by atoms with Crippen LogP contribution in [0.3, 0.4) is 0 Å². The van der Waals surface area contributed by atoms with Crippen LogP contribution in [0, 0.1) is 0 Å². The van der Waals surface area contributed by atoms with Crippen LogP contribution in [0.5, 0.6) is 5.75 Å². The molecule has 0 spiro atoms. The Balaban J connectivity index is 0.00000242. The van der Waals surface area contributed by atoms with Gasteiger partial charge in [0.1, 0.15) is 5.75 Å². The molecule has 2 aromatic rings. The first-order valence-corrected chi connectivity index (χ1v) is 7.69. The lowest BCUT2D eigenvalue weighted by atomic mass is 10.2. The van der Waals surface area contributed by atoms with Gasteiger partial charge in [-0.3, -0.25) is 4.79 Å². The van der Waals surface area contributed by atoms with Crippen molar-refractivity contribution in [3.63, 3.8) is 0 Å². The number of amides is 1. The Bertz CT molecular complexity index is 575. The lowest BCUT2D eigenvalue weighted by Crippen LogP contribution is -2.36. The van der Waals surface area contributed by atoms with Crippen LogP contribution in [0.25, 0.3) is 0 Å². The zero-order valence-electron chi connectivity index (χ0n) is 12.7. The quantitative estimate of drug-likeness (QED) is 0.842. The number of hydrogen-bond acceptors (Lipinski definition) is 4. The standard InChI is InChI=1S/C16H20N2O2S.ClH/c1-17-10-16(19)18(12-14-7-5-9-21-14)11-13-6-3-4-8-15(13)20-2;/h3-9,17H,10-12H2,1-2H3;1H. The summed E-state index contributed by atoms with van der Waals surface area (Å²) in [5.74, 6) is 0.891. The molecule has 0 bridgehead atoms. The Kier molecular flexibility index (Phi) is 7.95. The molecule has 0 aliphatic rings. The minimum absolute atomic E-state index is 0. The van der Waals surface area contributed by atoms with E-state index in [0.29, 0.717) is 19.6 Å². The largest absolute Gasteiger partial charge is 0.496 e. The Morgan fingerprint density at radius 3 is 2.64 bits per heavy atom. The van der Waals surface area contributed by atoms with Crippen LogP contribution in [0.15, 0.2) is 41.8 Å². The van der Waals surface area contributed by atoms with Crippen molar-refractivity contribution in [2.24, 2.45) is 0 Å². The van der Waals surface area contributed by atoms with Crippen LogP contribution in [0.4, 0.5) is 0 Å². The van der Waals surface area contributed by atoms with E-state index in [2.05, 4.69) is 5.32 Å².